The molecule has 27 heavy (non-hydrogen) atoms. The van der Waals surface area contributed by atoms with Crippen LogP contribution in [0.15, 0.2) is 66.7 Å². The Balaban J connectivity index is 1.57. The first-order chi connectivity index (χ1) is 13.1. The van der Waals surface area contributed by atoms with Crippen molar-refractivity contribution in [3.63, 3.8) is 0 Å². The fourth-order valence-electron chi connectivity index (χ4n) is 2.70. The Labute approximate surface area is 175 Å². The molecule has 0 heterocycles. The zero-order valence-corrected chi connectivity index (χ0v) is 17.0. The van der Waals surface area contributed by atoms with Gasteiger partial charge in [0.25, 0.3) is 0 Å². The number of halogens is 3. The molecule has 0 aliphatic carbocycles. The second kappa shape index (κ2) is 10.0. The van der Waals surface area contributed by atoms with E-state index in [-0.39, 0.29) is 0 Å². The van der Waals surface area contributed by atoms with Crippen LogP contribution in [-0.4, -0.2) is 6.54 Å². The molecule has 140 valence electrons. The van der Waals surface area contributed by atoms with Crippen molar-refractivity contribution in [1.29, 1.82) is 0 Å². The lowest BCUT2D eigenvalue weighted by Crippen LogP contribution is -2.17. The molecule has 2 nitrogen and oxygen atoms in total. The van der Waals surface area contributed by atoms with Crippen molar-refractivity contribution in [3.05, 3.63) is 98.5 Å². The molecule has 1 N–H and O–H groups in total. The molecular weight excluding hydrogens is 401 g/mol. The van der Waals surface area contributed by atoms with E-state index < -0.39 is 0 Å². The van der Waals surface area contributed by atoms with Crippen LogP contribution in [0.2, 0.25) is 15.1 Å². The first-order valence-electron chi connectivity index (χ1n) is 8.71. The molecule has 0 atom stereocenters. The predicted octanol–water partition coefficient (Wildman–Crippen LogP) is 6.56. The number of nitrogens with one attached hydrogen (secondary N) is 1. The van der Waals surface area contributed by atoms with Gasteiger partial charge in [0, 0.05) is 32.7 Å². The minimum atomic E-state index is 0.416. The summed E-state index contributed by atoms with van der Waals surface area (Å²) in [6.45, 7) is 1.93. The number of rotatable bonds is 8. The lowest BCUT2D eigenvalue weighted by molar-refractivity contribution is 0.302. The summed E-state index contributed by atoms with van der Waals surface area (Å²) in [4.78, 5) is 0. The van der Waals surface area contributed by atoms with Crippen molar-refractivity contribution < 1.29 is 4.74 Å². The van der Waals surface area contributed by atoms with Gasteiger partial charge in [-0.3, -0.25) is 0 Å². The first-order valence-corrected chi connectivity index (χ1v) is 9.85. The highest BCUT2D eigenvalue weighted by molar-refractivity contribution is 6.31. The average molecular weight is 421 g/mol. The van der Waals surface area contributed by atoms with Gasteiger partial charge in [-0.25, -0.2) is 0 Å². The summed E-state index contributed by atoms with van der Waals surface area (Å²) < 4.78 is 5.99. The monoisotopic (exact) mass is 419 g/mol. The van der Waals surface area contributed by atoms with Crippen LogP contribution < -0.4 is 10.1 Å². The van der Waals surface area contributed by atoms with Crippen molar-refractivity contribution in [3.8, 4) is 5.75 Å². The molecule has 0 aliphatic rings. The molecule has 0 bridgehead atoms. The van der Waals surface area contributed by atoms with Gasteiger partial charge in [-0.2, -0.15) is 0 Å². The van der Waals surface area contributed by atoms with Crippen LogP contribution in [0.1, 0.15) is 16.7 Å². The summed E-state index contributed by atoms with van der Waals surface area (Å²) in [5, 5.41) is 5.59. The lowest BCUT2D eigenvalue weighted by atomic mass is 10.1. The molecule has 0 aromatic heterocycles. The number of ether oxygens (including phenoxy) is 1. The Hall–Kier alpha value is -1.71. The second-order valence-corrected chi connectivity index (χ2v) is 7.47. The smallest absolute Gasteiger partial charge is 0.124 e. The molecule has 0 fully saturated rings. The first kappa shape index (κ1) is 20.0. The van der Waals surface area contributed by atoms with Crippen molar-refractivity contribution >= 4 is 34.8 Å². The predicted molar refractivity (Wildman–Crippen MR) is 114 cm³/mol. The van der Waals surface area contributed by atoms with Crippen molar-refractivity contribution in [2.75, 3.05) is 6.54 Å². The van der Waals surface area contributed by atoms with Crippen LogP contribution in [0.5, 0.6) is 5.75 Å². The fourth-order valence-corrected chi connectivity index (χ4v) is 3.22. The summed E-state index contributed by atoms with van der Waals surface area (Å²) in [6, 6.07) is 21.3. The van der Waals surface area contributed by atoms with E-state index in [1.165, 1.54) is 5.56 Å². The van der Waals surface area contributed by atoms with Gasteiger partial charge >= 0.3 is 0 Å². The molecular formula is C22H20Cl3NO. The highest BCUT2D eigenvalue weighted by Crippen LogP contribution is 2.25. The van der Waals surface area contributed by atoms with Crippen molar-refractivity contribution in [2.45, 2.75) is 19.6 Å². The Morgan fingerprint density at radius 1 is 0.778 bits per heavy atom. The normalized spacial score (nSPS) is 10.8. The van der Waals surface area contributed by atoms with E-state index in [0.29, 0.717) is 23.2 Å². The van der Waals surface area contributed by atoms with Crippen LogP contribution >= 0.6 is 34.8 Å². The maximum atomic E-state index is 6.20. The molecule has 3 rings (SSSR count). The molecule has 0 spiro atoms. The van der Waals surface area contributed by atoms with Gasteiger partial charge < -0.3 is 10.1 Å². The molecule has 0 amide bonds. The van der Waals surface area contributed by atoms with E-state index in [1.54, 1.807) is 0 Å². The Kier molecular flexibility index (Phi) is 7.42. The van der Waals surface area contributed by atoms with E-state index in [2.05, 4.69) is 5.32 Å². The Bertz CT molecular complexity index is 881. The molecule has 0 aliphatic heterocycles. The zero-order valence-electron chi connectivity index (χ0n) is 14.7. The summed E-state index contributed by atoms with van der Waals surface area (Å²) in [5.41, 5.74) is 3.22. The summed E-state index contributed by atoms with van der Waals surface area (Å²) in [5.74, 6) is 0.804. The topological polar surface area (TPSA) is 21.3 Å². The Morgan fingerprint density at radius 3 is 2.30 bits per heavy atom. The van der Waals surface area contributed by atoms with Crippen LogP contribution in [0.3, 0.4) is 0 Å². The summed E-state index contributed by atoms with van der Waals surface area (Å²) in [7, 11) is 0. The van der Waals surface area contributed by atoms with E-state index in [1.807, 2.05) is 66.7 Å². The fraction of sp³-hybridized carbons (Fsp3) is 0.182. The van der Waals surface area contributed by atoms with Crippen molar-refractivity contribution in [1.82, 2.24) is 5.32 Å². The standard InChI is InChI=1S/C22H20Cl3NO/c23-19-7-5-16(6-8-19)11-12-26-14-18-13-20(24)9-10-22(18)27-15-17-3-1-2-4-21(17)25/h1-10,13,26H,11-12,14-15H2. The van der Waals surface area contributed by atoms with Gasteiger partial charge in [0.05, 0.1) is 0 Å². The highest BCUT2D eigenvalue weighted by atomic mass is 35.5. The van der Waals surface area contributed by atoms with Crippen LogP contribution in [0.25, 0.3) is 0 Å². The third kappa shape index (κ3) is 6.15. The maximum absolute atomic E-state index is 6.20. The number of benzene rings is 3. The Morgan fingerprint density at radius 2 is 1.52 bits per heavy atom. The SMILES string of the molecule is Clc1ccc(CCNCc2cc(Cl)ccc2OCc2ccccc2Cl)cc1. The van der Waals surface area contributed by atoms with Gasteiger partial charge in [-0.15, -0.1) is 0 Å². The largest absolute Gasteiger partial charge is 0.489 e. The van der Waals surface area contributed by atoms with Gasteiger partial charge in [0.15, 0.2) is 0 Å². The molecule has 3 aromatic carbocycles. The lowest BCUT2D eigenvalue weighted by Gasteiger charge is -2.13. The minimum absolute atomic E-state index is 0.416. The minimum Gasteiger partial charge on any atom is -0.489 e. The van der Waals surface area contributed by atoms with Crippen molar-refractivity contribution in [2.24, 2.45) is 0 Å². The molecule has 0 saturated carbocycles. The van der Waals surface area contributed by atoms with Crippen LogP contribution in [-0.2, 0) is 19.6 Å². The average Bonchev–Trinajstić information content (AvgIpc) is 2.67. The third-order valence-corrected chi connectivity index (χ3v) is 5.04. The maximum Gasteiger partial charge on any atom is 0.124 e. The van der Waals surface area contributed by atoms with E-state index >= 15 is 0 Å². The van der Waals surface area contributed by atoms with Gasteiger partial charge in [-0.1, -0.05) is 65.1 Å². The van der Waals surface area contributed by atoms with Gasteiger partial charge in [0.1, 0.15) is 12.4 Å². The molecule has 3 aromatic rings. The third-order valence-electron chi connectivity index (χ3n) is 4.18. The molecule has 5 heteroatoms. The van der Waals surface area contributed by atoms with E-state index in [9.17, 15) is 0 Å². The van der Waals surface area contributed by atoms with Gasteiger partial charge in [0.2, 0.25) is 0 Å². The van der Waals surface area contributed by atoms with Gasteiger partial charge in [-0.05, 0) is 54.9 Å². The van der Waals surface area contributed by atoms with E-state index in [4.69, 9.17) is 39.5 Å². The summed E-state index contributed by atoms with van der Waals surface area (Å²) in [6.07, 6.45) is 0.924. The molecule has 0 unspecified atom stereocenters. The molecule has 0 saturated heterocycles. The van der Waals surface area contributed by atoms with Crippen LogP contribution in [0.4, 0.5) is 0 Å². The van der Waals surface area contributed by atoms with Crippen LogP contribution in [0, 0.1) is 0 Å². The zero-order chi connectivity index (χ0) is 19.1. The number of hydrogen-bond donors (Lipinski definition) is 1. The highest BCUT2D eigenvalue weighted by Gasteiger charge is 2.07. The quantitative estimate of drug-likeness (QED) is 0.417. The van der Waals surface area contributed by atoms with E-state index in [0.717, 1.165) is 34.9 Å². The summed E-state index contributed by atoms with van der Waals surface area (Å²) >= 11 is 18.3. The molecule has 0 radical (unpaired) electrons. The second-order valence-electron chi connectivity index (χ2n) is 6.19. The number of hydrogen-bond acceptors (Lipinski definition) is 2.